The predicted octanol–water partition coefficient (Wildman–Crippen LogP) is 2.92. The van der Waals surface area contributed by atoms with Gasteiger partial charge in [0.05, 0.1) is 6.20 Å². The van der Waals surface area contributed by atoms with Crippen LogP contribution in [-0.4, -0.2) is 67.5 Å². The van der Waals surface area contributed by atoms with E-state index in [0.717, 1.165) is 61.0 Å². The highest BCUT2D eigenvalue weighted by atomic mass is 15.2. The molecule has 31 heavy (non-hydrogen) atoms. The molecule has 0 unspecified atom stereocenters. The first-order chi connectivity index (χ1) is 15.2. The van der Waals surface area contributed by atoms with Gasteiger partial charge in [-0.15, -0.1) is 0 Å². The molecule has 0 aliphatic carbocycles. The lowest BCUT2D eigenvalue weighted by molar-refractivity contribution is 0.148. The van der Waals surface area contributed by atoms with Gasteiger partial charge < -0.3 is 14.8 Å². The second-order valence-corrected chi connectivity index (χ2v) is 8.04. The summed E-state index contributed by atoms with van der Waals surface area (Å²) in [4.78, 5) is 22.8. The zero-order valence-corrected chi connectivity index (χ0v) is 17.9. The number of nitrogens with zero attached hydrogens (tertiary/aromatic N) is 7. The summed E-state index contributed by atoms with van der Waals surface area (Å²) in [6, 6.07) is 12.4. The average Bonchev–Trinajstić information content (AvgIpc) is 3.12. The van der Waals surface area contributed by atoms with E-state index in [4.69, 9.17) is 4.98 Å². The lowest BCUT2D eigenvalue weighted by atomic mass is 10.1. The minimum Gasteiger partial charge on any atom is -0.324 e. The SMILES string of the molecule is CN1CCN(Cc2cccc(Nc3ncc4nc(-c5ccncc5)n(C)c4n3)c2)CC1. The molecule has 8 nitrogen and oxygen atoms in total. The van der Waals surface area contributed by atoms with Crippen LogP contribution in [0.25, 0.3) is 22.6 Å². The molecule has 0 amide bonds. The minimum atomic E-state index is 0.563. The molecule has 4 aromatic rings. The summed E-state index contributed by atoms with van der Waals surface area (Å²) in [6.07, 6.45) is 5.30. The molecule has 0 atom stereocenters. The Labute approximate surface area is 181 Å². The van der Waals surface area contributed by atoms with Gasteiger partial charge in [-0.1, -0.05) is 12.1 Å². The summed E-state index contributed by atoms with van der Waals surface area (Å²) < 4.78 is 1.99. The number of rotatable bonds is 5. The van der Waals surface area contributed by atoms with Crippen molar-refractivity contribution in [3.63, 3.8) is 0 Å². The van der Waals surface area contributed by atoms with Crippen LogP contribution < -0.4 is 5.32 Å². The van der Waals surface area contributed by atoms with Crippen LogP contribution in [0.3, 0.4) is 0 Å². The van der Waals surface area contributed by atoms with Gasteiger partial charge >= 0.3 is 0 Å². The van der Waals surface area contributed by atoms with E-state index in [0.29, 0.717) is 5.95 Å². The molecule has 1 fully saturated rings. The Bertz CT molecular complexity index is 1180. The van der Waals surface area contributed by atoms with Crippen LogP contribution in [0.2, 0.25) is 0 Å². The molecule has 5 rings (SSSR count). The van der Waals surface area contributed by atoms with Crippen molar-refractivity contribution in [3.8, 4) is 11.4 Å². The molecule has 1 aliphatic heterocycles. The van der Waals surface area contributed by atoms with Crippen LogP contribution in [0.15, 0.2) is 55.0 Å². The molecular formula is C23H26N8. The Morgan fingerprint density at radius 1 is 0.968 bits per heavy atom. The number of aryl methyl sites for hydroxylation is 1. The minimum absolute atomic E-state index is 0.563. The van der Waals surface area contributed by atoms with Crippen LogP contribution in [-0.2, 0) is 13.6 Å². The van der Waals surface area contributed by atoms with Gasteiger partial charge in [-0.2, -0.15) is 4.98 Å². The number of nitrogens with one attached hydrogen (secondary N) is 1. The van der Waals surface area contributed by atoms with Gasteiger partial charge in [0.2, 0.25) is 5.95 Å². The number of anilines is 2. The topological polar surface area (TPSA) is 75.0 Å². The third-order valence-electron chi connectivity index (χ3n) is 5.74. The molecule has 1 aliphatic rings. The Kier molecular flexibility index (Phi) is 5.31. The first kappa shape index (κ1) is 19.6. The van der Waals surface area contributed by atoms with Crippen molar-refractivity contribution in [2.24, 2.45) is 7.05 Å². The maximum absolute atomic E-state index is 4.72. The van der Waals surface area contributed by atoms with Gasteiger partial charge in [0.25, 0.3) is 0 Å². The van der Waals surface area contributed by atoms with Crippen molar-refractivity contribution in [2.45, 2.75) is 6.54 Å². The number of hydrogen-bond donors (Lipinski definition) is 1. The van der Waals surface area contributed by atoms with E-state index in [-0.39, 0.29) is 0 Å². The monoisotopic (exact) mass is 414 g/mol. The summed E-state index contributed by atoms with van der Waals surface area (Å²) in [5, 5.41) is 3.36. The van der Waals surface area contributed by atoms with Crippen LogP contribution in [0, 0.1) is 0 Å². The normalized spacial score (nSPS) is 15.4. The molecule has 8 heteroatoms. The van der Waals surface area contributed by atoms with E-state index in [9.17, 15) is 0 Å². The first-order valence-corrected chi connectivity index (χ1v) is 10.5. The number of pyridine rings is 1. The molecule has 158 valence electrons. The van der Waals surface area contributed by atoms with Crippen molar-refractivity contribution < 1.29 is 0 Å². The zero-order chi connectivity index (χ0) is 21.2. The van der Waals surface area contributed by atoms with Crippen LogP contribution >= 0.6 is 0 Å². The van der Waals surface area contributed by atoms with Gasteiger partial charge in [-0.25, -0.2) is 9.97 Å². The fraction of sp³-hybridized carbons (Fsp3) is 0.304. The Balaban J connectivity index is 1.35. The highest BCUT2D eigenvalue weighted by Crippen LogP contribution is 2.23. The Morgan fingerprint density at radius 2 is 1.77 bits per heavy atom. The number of likely N-dealkylation sites (N-methyl/N-ethyl adjacent to an activating group) is 1. The van der Waals surface area contributed by atoms with Gasteiger partial charge in [0.15, 0.2) is 5.65 Å². The number of aromatic nitrogens is 5. The molecule has 1 saturated heterocycles. The van der Waals surface area contributed by atoms with Gasteiger partial charge in [0.1, 0.15) is 11.3 Å². The zero-order valence-electron chi connectivity index (χ0n) is 17.9. The molecule has 3 aromatic heterocycles. The summed E-state index contributed by atoms with van der Waals surface area (Å²) in [6.45, 7) is 5.42. The van der Waals surface area contributed by atoms with E-state index >= 15 is 0 Å². The summed E-state index contributed by atoms with van der Waals surface area (Å²) in [7, 11) is 4.15. The maximum atomic E-state index is 4.72. The summed E-state index contributed by atoms with van der Waals surface area (Å²) >= 11 is 0. The predicted molar refractivity (Wildman–Crippen MR) is 122 cm³/mol. The van der Waals surface area contributed by atoms with Gasteiger partial charge in [0, 0.05) is 63.4 Å². The maximum Gasteiger partial charge on any atom is 0.229 e. The van der Waals surface area contributed by atoms with Gasteiger partial charge in [-0.05, 0) is 36.9 Å². The second-order valence-electron chi connectivity index (χ2n) is 8.04. The number of hydrogen-bond acceptors (Lipinski definition) is 7. The van der Waals surface area contributed by atoms with Crippen molar-refractivity contribution in [2.75, 3.05) is 38.5 Å². The lowest BCUT2D eigenvalue weighted by Crippen LogP contribution is -2.43. The molecule has 0 bridgehead atoms. The van der Waals surface area contributed by atoms with Crippen molar-refractivity contribution in [3.05, 3.63) is 60.6 Å². The van der Waals surface area contributed by atoms with Crippen molar-refractivity contribution in [1.29, 1.82) is 0 Å². The smallest absolute Gasteiger partial charge is 0.229 e. The third-order valence-corrected chi connectivity index (χ3v) is 5.74. The van der Waals surface area contributed by atoms with E-state index in [1.165, 1.54) is 5.56 Å². The third kappa shape index (κ3) is 4.26. The van der Waals surface area contributed by atoms with E-state index < -0.39 is 0 Å². The molecule has 4 heterocycles. The second kappa shape index (κ2) is 8.41. The summed E-state index contributed by atoms with van der Waals surface area (Å²) in [5.41, 5.74) is 4.84. The lowest BCUT2D eigenvalue weighted by Gasteiger charge is -2.32. The van der Waals surface area contributed by atoms with E-state index in [1.807, 2.05) is 29.8 Å². The quantitative estimate of drug-likeness (QED) is 0.538. The number of imidazole rings is 1. The molecular weight excluding hydrogens is 388 g/mol. The van der Waals surface area contributed by atoms with E-state index in [2.05, 4.69) is 55.3 Å². The number of piperazine rings is 1. The molecule has 0 spiro atoms. The number of benzene rings is 1. The fourth-order valence-corrected chi connectivity index (χ4v) is 3.94. The molecule has 0 saturated carbocycles. The standard InChI is InChI=1S/C23H26N8/c1-29-10-12-31(13-11-29)16-17-4-3-5-19(14-17)26-23-25-15-20-22(28-23)30(2)21(27-20)18-6-8-24-9-7-18/h3-9,14-15H,10-13,16H2,1-2H3,(H,25,26,28). The Hall–Kier alpha value is -3.36. The van der Waals surface area contributed by atoms with Crippen LogP contribution in [0.1, 0.15) is 5.56 Å². The van der Waals surface area contributed by atoms with Crippen molar-refractivity contribution in [1.82, 2.24) is 34.3 Å². The average molecular weight is 415 g/mol. The largest absolute Gasteiger partial charge is 0.324 e. The van der Waals surface area contributed by atoms with Crippen LogP contribution in [0.4, 0.5) is 11.6 Å². The van der Waals surface area contributed by atoms with Gasteiger partial charge in [-0.3, -0.25) is 9.88 Å². The molecule has 1 aromatic carbocycles. The summed E-state index contributed by atoms with van der Waals surface area (Å²) in [5.74, 6) is 1.41. The Morgan fingerprint density at radius 3 is 2.58 bits per heavy atom. The molecule has 1 N–H and O–H groups in total. The highest BCUT2D eigenvalue weighted by Gasteiger charge is 2.15. The van der Waals surface area contributed by atoms with E-state index in [1.54, 1.807) is 18.6 Å². The fourth-order valence-electron chi connectivity index (χ4n) is 3.94. The highest BCUT2D eigenvalue weighted by molar-refractivity contribution is 5.77. The van der Waals surface area contributed by atoms with Crippen LogP contribution in [0.5, 0.6) is 0 Å². The molecule has 0 radical (unpaired) electrons. The first-order valence-electron chi connectivity index (χ1n) is 10.5. The number of fused-ring (bicyclic) bond motifs is 1. The van der Waals surface area contributed by atoms with Crippen molar-refractivity contribution >= 4 is 22.8 Å².